The molecule has 9 nitrogen and oxygen atoms in total. The van der Waals surface area contributed by atoms with Crippen LogP contribution in [0.3, 0.4) is 0 Å². The van der Waals surface area contributed by atoms with Crippen LogP contribution in [0.2, 0.25) is 0 Å². The average molecular weight is 509 g/mol. The van der Waals surface area contributed by atoms with Crippen LogP contribution in [0.15, 0.2) is 42.5 Å². The molecule has 3 amide bonds. The number of rotatable bonds is 11. The van der Waals surface area contributed by atoms with E-state index in [4.69, 9.17) is 10.5 Å². The van der Waals surface area contributed by atoms with Crippen molar-refractivity contribution in [3.8, 4) is 0 Å². The van der Waals surface area contributed by atoms with Crippen LogP contribution in [-0.2, 0) is 30.5 Å². The zero-order valence-electron chi connectivity index (χ0n) is 21.5. The number of nitrogens with one attached hydrogen (secondary N) is 3. The van der Waals surface area contributed by atoms with Gasteiger partial charge in [0.25, 0.3) is 5.91 Å². The summed E-state index contributed by atoms with van der Waals surface area (Å²) in [5.41, 5.74) is 6.70. The Bertz CT molecular complexity index is 1180. The Morgan fingerprint density at radius 2 is 1.81 bits per heavy atom. The second kappa shape index (κ2) is 11.3. The summed E-state index contributed by atoms with van der Waals surface area (Å²) in [5, 5.41) is 10.8. The maximum Gasteiger partial charge on any atom is 0.314 e. The quantitative estimate of drug-likeness (QED) is 0.341. The number of carbonyl (C=O) groups is 4. The van der Waals surface area contributed by atoms with Crippen LogP contribution in [0.5, 0.6) is 0 Å². The highest BCUT2D eigenvalue weighted by Gasteiger charge is 2.51. The summed E-state index contributed by atoms with van der Waals surface area (Å²) in [4.78, 5) is 50.0. The predicted octanol–water partition coefficient (Wildman–Crippen LogP) is 1.77. The molecule has 4 rings (SSSR count). The Kier molecular flexibility index (Phi) is 8.12. The van der Waals surface area contributed by atoms with Crippen molar-refractivity contribution in [1.82, 2.24) is 16.0 Å². The number of esters is 1. The van der Waals surface area contributed by atoms with Gasteiger partial charge in [-0.05, 0) is 47.9 Å². The number of cyclic esters (lactones) is 1. The van der Waals surface area contributed by atoms with E-state index in [1.54, 1.807) is 6.92 Å². The smallest absolute Gasteiger partial charge is 0.314 e. The molecule has 37 heavy (non-hydrogen) atoms. The first-order valence-electron chi connectivity index (χ1n) is 13.0. The minimum absolute atomic E-state index is 0.0171. The summed E-state index contributed by atoms with van der Waals surface area (Å²) in [6, 6.07) is 12.2. The van der Waals surface area contributed by atoms with Crippen molar-refractivity contribution in [1.29, 1.82) is 0 Å². The number of benzene rings is 2. The van der Waals surface area contributed by atoms with Gasteiger partial charge >= 0.3 is 5.97 Å². The molecule has 1 aliphatic heterocycles. The molecule has 2 aliphatic rings. The first-order chi connectivity index (χ1) is 17.7. The van der Waals surface area contributed by atoms with Crippen molar-refractivity contribution in [2.75, 3.05) is 0 Å². The van der Waals surface area contributed by atoms with E-state index in [-0.39, 0.29) is 35.7 Å². The number of amides is 3. The zero-order valence-corrected chi connectivity index (χ0v) is 21.5. The summed E-state index contributed by atoms with van der Waals surface area (Å²) in [6.45, 7) is 5.80. The van der Waals surface area contributed by atoms with Crippen LogP contribution in [0.25, 0.3) is 10.8 Å². The van der Waals surface area contributed by atoms with E-state index < -0.39 is 30.0 Å². The molecule has 1 aliphatic carbocycles. The molecule has 2 fully saturated rings. The molecule has 1 saturated carbocycles. The number of hydrogen-bond acceptors (Lipinski definition) is 6. The maximum absolute atomic E-state index is 13.1. The molecule has 7 atom stereocenters. The van der Waals surface area contributed by atoms with Crippen molar-refractivity contribution in [2.24, 2.45) is 23.5 Å². The molecule has 0 unspecified atom stereocenters. The lowest BCUT2D eigenvalue weighted by atomic mass is 9.83. The lowest BCUT2D eigenvalue weighted by Crippen LogP contribution is -2.56. The Morgan fingerprint density at radius 3 is 2.51 bits per heavy atom. The van der Waals surface area contributed by atoms with Gasteiger partial charge in [0, 0.05) is 12.6 Å². The Morgan fingerprint density at radius 1 is 1.08 bits per heavy atom. The largest absolute Gasteiger partial charge is 0.451 e. The molecular weight excluding hydrogens is 472 g/mol. The zero-order chi connectivity index (χ0) is 26.7. The van der Waals surface area contributed by atoms with Gasteiger partial charge in [0.2, 0.25) is 11.8 Å². The molecule has 0 radical (unpaired) electrons. The van der Waals surface area contributed by atoms with Crippen LogP contribution in [0, 0.1) is 17.8 Å². The molecule has 2 aromatic carbocycles. The van der Waals surface area contributed by atoms with E-state index in [1.807, 2.05) is 56.3 Å². The van der Waals surface area contributed by atoms with Gasteiger partial charge in [-0.1, -0.05) is 62.7 Å². The summed E-state index contributed by atoms with van der Waals surface area (Å²) in [7, 11) is 0. The van der Waals surface area contributed by atoms with Crippen LogP contribution in [-0.4, -0.2) is 47.9 Å². The SMILES string of the molecule is CC[C@H](C)[C@@H]1C(=O)O[C@H]1C(=O)N[C@H]1C[C@H]1C[C@H](NC(=O)[C@H](C)N)C(=O)NCc1cccc2ccccc12. The fourth-order valence-corrected chi connectivity index (χ4v) is 4.87. The van der Waals surface area contributed by atoms with Gasteiger partial charge in [-0.15, -0.1) is 0 Å². The van der Waals surface area contributed by atoms with E-state index in [1.165, 1.54) is 0 Å². The molecule has 0 bridgehead atoms. The van der Waals surface area contributed by atoms with Gasteiger partial charge in [-0.3, -0.25) is 19.2 Å². The normalized spacial score (nSPS) is 24.7. The van der Waals surface area contributed by atoms with Crippen LogP contribution >= 0.6 is 0 Å². The highest BCUT2D eigenvalue weighted by atomic mass is 16.6. The Balaban J connectivity index is 1.35. The minimum atomic E-state index is -0.783. The number of ether oxygens (including phenoxy) is 1. The second-order valence-electron chi connectivity index (χ2n) is 10.3. The van der Waals surface area contributed by atoms with E-state index in [9.17, 15) is 19.2 Å². The number of nitrogens with two attached hydrogens (primary N) is 1. The third-order valence-electron chi connectivity index (χ3n) is 7.53. The van der Waals surface area contributed by atoms with Crippen molar-refractivity contribution in [3.63, 3.8) is 0 Å². The summed E-state index contributed by atoms with van der Waals surface area (Å²) in [5.74, 6) is -1.68. The maximum atomic E-state index is 13.1. The second-order valence-corrected chi connectivity index (χ2v) is 10.3. The lowest BCUT2D eigenvalue weighted by molar-refractivity contribution is -0.193. The lowest BCUT2D eigenvalue weighted by Gasteiger charge is -2.37. The molecule has 1 heterocycles. The molecular formula is C28H36N4O5. The van der Waals surface area contributed by atoms with Gasteiger partial charge in [0.05, 0.1) is 6.04 Å². The Hall–Kier alpha value is -3.46. The summed E-state index contributed by atoms with van der Waals surface area (Å²) >= 11 is 0. The standard InChI is InChI=1S/C28H36N4O5/c1-4-15(2)23-24(37-28(23)36)27(35)31-21-12-19(21)13-22(32-25(33)16(3)29)26(34)30-14-18-10-7-9-17-8-5-6-11-20(17)18/h5-11,15-16,19,21-24H,4,12-14,29H2,1-3H3,(H,30,34)(H,31,35)(H,32,33)/t15-,16-,19-,21-,22-,23-,24+/m0/s1. The molecule has 5 N–H and O–H groups in total. The number of carbonyl (C=O) groups excluding carboxylic acids is 4. The van der Waals surface area contributed by atoms with Crippen molar-refractivity contribution in [2.45, 2.75) is 70.8 Å². The first kappa shape index (κ1) is 26.6. The highest BCUT2D eigenvalue weighted by molar-refractivity contribution is 5.94. The van der Waals surface area contributed by atoms with Crippen LogP contribution in [0.4, 0.5) is 0 Å². The van der Waals surface area contributed by atoms with Crippen LogP contribution in [0.1, 0.15) is 45.6 Å². The van der Waals surface area contributed by atoms with E-state index >= 15 is 0 Å². The molecule has 0 spiro atoms. The van der Waals surface area contributed by atoms with Gasteiger partial charge in [0.1, 0.15) is 12.0 Å². The van der Waals surface area contributed by atoms with E-state index in [0.29, 0.717) is 19.4 Å². The van der Waals surface area contributed by atoms with E-state index in [0.717, 1.165) is 22.8 Å². The van der Waals surface area contributed by atoms with E-state index in [2.05, 4.69) is 16.0 Å². The average Bonchev–Trinajstić information content (AvgIpc) is 3.61. The molecule has 9 heteroatoms. The van der Waals surface area contributed by atoms with Crippen molar-refractivity contribution < 1.29 is 23.9 Å². The first-order valence-corrected chi connectivity index (χ1v) is 13.0. The number of fused-ring (bicyclic) bond motifs is 1. The fourth-order valence-electron chi connectivity index (χ4n) is 4.87. The fraction of sp³-hybridized carbons (Fsp3) is 0.500. The number of hydrogen-bond donors (Lipinski definition) is 4. The van der Waals surface area contributed by atoms with Gasteiger partial charge < -0.3 is 26.4 Å². The van der Waals surface area contributed by atoms with Gasteiger partial charge in [0.15, 0.2) is 6.10 Å². The van der Waals surface area contributed by atoms with Crippen LogP contribution < -0.4 is 21.7 Å². The van der Waals surface area contributed by atoms with Gasteiger partial charge in [-0.2, -0.15) is 0 Å². The summed E-state index contributed by atoms with van der Waals surface area (Å²) < 4.78 is 5.12. The van der Waals surface area contributed by atoms with Gasteiger partial charge in [-0.25, -0.2) is 0 Å². The topological polar surface area (TPSA) is 140 Å². The Labute approximate surface area is 216 Å². The molecule has 1 saturated heterocycles. The molecule has 0 aromatic heterocycles. The minimum Gasteiger partial charge on any atom is -0.451 e. The van der Waals surface area contributed by atoms with Crippen molar-refractivity contribution >= 4 is 34.5 Å². The summed E-state index contributed by atoms with van der Waals surface area (Å²) in [6.07, 6.45) is 1.07. The highest BCUT2D eigenvalue weighted by Crippen LogP contribution is 2.37. The molecule has 2 aromatic rings. The third-order valence-corrected chi connectivity index (χ3v) is 7.53. The third kappa shape index (κ3) is 6.10. The monoisotopic (exact) mass is 508 g/mol. The predicted molar refractivity (Wildman–Crippen MR) is 139 cm³/mol. The molecule has 198 valence electrons. The van der Waals surface area contributed by atoms with Crippen molar-refractivity contribution in [3.05, 3.63) is 48.0 Å².